The van der Waals surface area contributed by atoms with Gasteiger partial charge in [-0.3, -0.25) is 14.6 Å². The number of ether oxygens (including phenoxy) is 1. The Morgan fingerprint density at radius 3 is 2.67 bits per heavy atom. The van der Waals surface area contributed by atoms with Crippen molar-refractivity contribution >= 4 is 17.5 Å². The normalized spacial score (nSPS) is 22.3. The summed E-state index contributed by atoms with van der Waals surface area (Å²) in [7, 11) is 0. The third kappa shape index (κ3) is 4.86. The summed E-state index contributed by atoms with van der Waals surface area (Å²) < 4.78 is 6.12. The van der Waals surface area contributed by atoms with Crippen molar-refractivity contribution in [3.05, 3.63) is 24.0 Å². The second kappa shape index (κ2) is 7.97. The first-order valence-electron chi connectivity index (χ1n) is 9.99. The maximum atomic E-state index is 12.9. The molecule has 1 spiro atoms. The summed E-state index contributed by atoms with van der Waals surface area (Å²) in [6.45, 7) is 6.21. The summed E-state index contributed by atoms with van der Waals surface area (Å²) in [5.74, 6) is -0.319. The van der Waals surface area contributed by atoms with Gasteiger partial charge in [0.2, 0.25) is 5.91 Å². The lowest BCUT2D eigenvalue weighted by atomic mass is 9.78. The number of nitrogens with one attached hydrogen (secondary N) is 2. The van der Waals surface area contributed by atoms with Crippen LogP contribution in [-0.4, -0.2) is 35.0 Å². The van der Waals surface area contributed by atoms with Crippen LogP contribution in [0.4, 0.5) is 5.69 Å². The Morgan fingerprint density at radius 1 is 1.22 bits per heavy atom. The van der Waals surface area contributed by atoms with E-state index in [1.165, 1.54) is 25.5 Å². The number of pyridine rings is 1. The van der Waals surface area contributed by atoms with Crippen molar-refractivity contribution in [2.75, 3.05) is 11.9 Å². The lowest BCUT2D eigenvalue weighted by Crippen LogP contribution is -2.49. The Kier molecular flexibility index (Phi) is 5.84. The van der Waals surface area contributed by atoms with Gasteiger partial charge in [-0.05, 0) is 31.7 Å². The molecule has 1 atom stereocenters. The minimum absolute atomic E-state index is 0.0628. The molecule has 1 aromatic rings. The molecule has 1 aliphatic carbocycles. The molecule has 148 valence electrons. The predicted molar refractivity (Wildman–Crippen MR) is 105 cm³/mol. The van der Waals surface area contributed by atoms with Crippen LogP contribution in [0.15, 0.2) is 18.5 Å². The number of nitrogens with zero attached hydrogens (tertiary/aromatic N) is 1. The van der Waals surface area contributed by atoms with Gasteiger partial charge in [-0.25, -0.2) is 0 Å². The highest BCUT2D eigenvalue weighted by molar-refractivity contribution is 6.04. The highest BCUT2D eigenvalue weighted by Gasteiger charge is 2.39. The molecule has 27 heavy (non-hydrogen) atoms. The van der Waals surface area contributed by atoms with E-state index in [2.05, 4.69) is 15.6 Å². The zero-order valence-electron chi connectivity index (χ0n) is 16.6. The highest BCUT2D eigenvalue weighted by Crippen LogP contribution is 2.38. The molecule has 6 heteroatoms. The van der Waals surface area contributed by atoms with Crippen LogP contribution < -0.4 is 10.6 Å². The molecule has 0 aromatic carbocycles. The number of hydrogen-bond acceptors (Lipinski definition) is 4. The van der Waals surface area contributed by atoms with E-state index in [0.717, 1.165) is 25.7 Å². The highest BCUT2D eigenvalue weighted by atomic mass is 16.5. The minimum Gasteiger partial charge on any atom is -0.375 e. The fourth-order valence-corrected chi connectivity index (χ4v) is 3.95. The van der Waals surface area contributed by atoms with Crippen molar-refractivity contribution in [1.82, 2.24) is 10.3 Å². The van der Waals surface area contributed by atoms with E-state index in [4.69, 9.17) is 4.74 Å². The molecule has 6 nitrogen and oxygen atoms in total. The summed E-state index contributed by atoms with van der Waals surface area (Å²) in [4.78, 5) is 29.3. The number of hydrogen-bond donors (Lipinski definition) is 2. The SMILES string of the molecule is CC(C)(C)C(=O)Nc1ccncc1C(=O)N[C@@H]1CCOC2(CCCCC2)C1. The van der Waals surface area contributed by atoms with Gasteiger partial charge in [-0.15, -0.1) is 0 Å². The van der Waals surface area contributed by atoms with Crippen molar-refractivity contribution in [2.24, 2.45) is 5.41 Å². The molecule has 2 fully saturated rings. The summed E-state index contributed by atoms with van der Waals surface area (Å²) in [6.07, 6.45) is 10.6. The monoisotopic (exact) mass is 373 g/mol. The average Bonchev–Trinajstić information content (AvgIpc) is 2.62. The molecule has 0 bridgehead atoms. The van der Waals surface area contributed by atoms with Crippen molar-refractivity contribution < 1.29 is 14.3 Å². The van der Waals surface area contributed by atoms with Crippen LogP contribution in [0.1, 0.15) is 76.1 Å². The van der Waals surface area contributed by atoms with E-state index in [-0.39, 0.29) is 23.5 Å². The van der Waals surface area contributed by atoms with Crippen molar-refractivity contribution in [2.45, 2.75) is 77.4 Å². The molecule has 1 saturated carbocycles. The van der Waals surface area contributed by atoms with Gasteiger partial charge in [0.25, 0.3) is 5.91 Å². The Morgan fingerprint density at radius 2 is 1.96 bits per heavy atom. The van der Waals surface area contributed by atoms with Crippen LogP contribution in [-0.2, 0) is 9.53 Å². The largest absolute Gasteiger partial charge is 0.375 e. The molecule has 2 N–H and O–H groups in total. The van der Waals surface area contributed by atoms with Gasteiger partial charge in [-0.2, -0.15) is 0 Å². The maximum Gasteiger partial charge on any atom is 0.255 e. The second-order valence-corrected chi connectivity index (χ2v) is 8.88. The van der Waals surface area contributed by atoms with Crippen LogP contribution in [0.5, 0.6) is 0 Å². The third-order valence-corrected chi connectivity index (χ3v) is 5.59. The van der Waals surface area contributed by atoms with E-state index in [1.54, 1.807) is 12.3 Å². The second-order valence-electron chi connectivity index (χ2n) is 8.88. The summed E-state index contributed by atoms with van der Waals surface area (Å²) in [5, 5.41) is 6.01. The third-order valence-electron chi connectivity index (χ3n) is 5.59. The molecule has 1 aromatic heterocycles. The summed E-state index contributed by atoms with van der Waals surface area (Å²) in [6, 6.07) is 1.77. The first-order chi connectivity index (χ1) is 12.8. The van der Waals surface area contributed by atoms with E-state index in [0.29, 0.717) is 17.9 Å². The summed E-state index contributed by atoms with van der Waals surface area (Å²) >= 11 is 0. The van der Waals surface area contributed by atoms with Crippen LogP contribution >= 0.6 is 0 Å². The van der Waals surface area contributed by atoms with Crippen LogP contribution in [0, 0.1) is 5.41 Å². The molecule has 2 amide bonds. The van der Waals surface area contributed by atoms with Crippen LogP contribution in [0.2, 0.25) is 0 Å². The Labute approximate surface area is 161 Å². The van der Waals surface area contributed by atoms with Gasteiger partial charge < -0.3 is 15.4 Å². The van der Waals surface area contributed by atoms with E-state index in [9.17, 15) is 9.59 Å². The van der Waals surface area contributed by atoms with Crippen LogP contribution in [0.25, 0.3) is 0 Å². The average molecular weight is 373 g/mol. The van der Waals surface area contributed by atoms with Gasteiger partial charge in [0.15, 0.2) is 0 Å². The molecule has 1 aliphatic heterocycles. The quantitative estimate of drug-likeness (QED) is 0.847. The van der Waals surface area contributed by atoms with Gasteiger partial charge in [0, 0.05) is 30.5 Å². The number of carbonyl (C=O) groups is 2. The Bertz CT molecular complexity index is 685. The lowest BCUT2D eigenvalue weighted by molar-refractivity contribution is -0.123. The molecule has 2 aliphatic rings. The topological polar surface area (TPSA) is 80.3 Å². The molecular weight excluding hydrogens is 342 g/mol. The predicted octanol–water partition coefficient (Wildman–Crippen LogP) is 3.68. The molecule has 2 heterocycles. The van der Waals surface area contributed by atoms with Crippen molar-refractivity contribution in [3.8, 4) is 0 Å². The molecule has 0 unspecified atom stereocenters. The number of amides is 2. The van der Waals surface area contributed by atoms with Gasteiger partial charge >= 0.3 is 0 Å². The zero-order valence-corrected chi connectivity index (χ0v) is 16.6. The maximum absolute atomic E-state index is 12.9. The number of aromatic nitrogens is 1. The molecular formula is C21H31N3O3. The van der Waals surface area contributed by atoms with E-state index < -0.39 is 5.41 Å². The molecule has 1 saturated heterocycles. The van der Waals surface area contributed by atoms with E-state index in [1.807, 2.05) is 20.8 Å². The fourth-order valence-electron chi connectivity index (χ4n) is 3.95. The van der Waals surface area contributed by atoms with Gasteiger partial charge in [0.1, 0.15) is 0 Å². The minimum atomic E-state index is -0.537. The van der Waals surface area contributed by atoms with Crippen LogP contribution in [0.3, 0.4) is 0 Å². The first kappa shape index (κ1) is 19.8. The Balaban J connectivity index is 1.68. The smallest absolute Gasteiger partial charge is 0.255 e. The number of rotatable bonds is 3. The first-order valence-corrected chi connectivity index (χ1v) is 9.99. The number of carbonyl (C=O) groups excluding carboxylic acids is 2. The zero-order chi connectivity index (χ0) is 19.5. The van der Waals surface area contributed by atoms with Crippen molar-refractivity contribution in [3.63, 3.8) is 0 Å². The standard InChI is InChI=1S/C21H31N3O3/c1-20(2,3)19(26)24-17-7-11-22-14-16(17)18(25)23-15-8-12-27-21(13-15)9-5-4-6-10-21/h7,11,14-15H,4-6,8-10,12-13H2,1-3H3,(H,23,25)(H,22,24,26)/t15-/m1/s1. The van der Waals surface area contributed by atoms with Gasteiger partial charge in [-0.1, -0.05) is 40.0 Å². The molecule has 3 rings (SSSR count). The number of anilines is 1. The van der Waals surface area contributed by atoms with Crippen molar-refractivity contribution in [1.29, 1.82) is 0 Å². The van der Waals surface area contributed by atoms with E-state index >= 15 is 0 Å². The lowest BCUT2D eigenvalue weighted by Gasteiger charge is -2.43. The summed E-state index contributed by atoms with van der Waals surface area (Å²) in [5.41, 5.74) is 0.304. The molecule has 0 radical (unpaired) electrons. The van der Waals surface area contributed by atoms with Gasteiger partial charge in [0.05, 0.1) is 16.9 Å². The Hall–Kier alpha value is -1.95. The fraction of sp³-hybridized carbons (Fsp3) is 0.667.